The molecule has 0 spiro atoms. The molecule has 3 rings (SSSR count). The maximum Gasteiger partial charge on any atom is 0.264 e. The van der Waals surface area contributed by atoms with Crippen molar-refractivity contribution < 1.29 is 22.7 Å². The quantitative estimate of drug-likeness (QED) is 0.454. The SMILES string of the molecule is COc1ccc(C(=O)NCCCN(c2ccccc2)S(=O)(=O)c2ccc(C)cc2)c(OC)c1. The number of hydrogen-bond acceptors (Lipinski definition) is 5. The maximum atomic E-state index is 13.3. The molecule has 1 N–H and O–H groups in total. The number of nitrogens with zero attached hydrogens (tertiary/aromatic N) is 1. The van der Waals surface area contributed by atoms with Crippen molar-refractivity contribution in [1.82, 2.24) is 5.32 Å². The molecule has 0 heterocycles. The highest BCUT2D eigenvalue weighted by Gasteiger charge is 2.24. The Kier molecular flexibility index (Phi) is 7.95. The molecule has 0 aliphatic carbocycles. The number of carbonyl (C=O) groups is 1. The van der Waals surface area contributed by atoms with Gasteiger partial charge in [-0.1, -0.05) is 35.9 Å². The van der Waals surface area contributed by atoms with Crippen LogP contribution in [-0.4, -0.2) is 41.6 Å². The molecule has 0 saturated heterocycles. The Morgan fingerprint density at radius 3 is 2.27 bits per heavy atom. The molecule has 0 aliphatic heterocycles. The molecule has 33 heavy (non-hydrogen) atoms. The van der Waals surface area contributed by atoms with Gasteiger partial charge in [0.1, 0.15) is 11.5 Å². The number of benzene rings is 3. The van der Waals surface area contributed by atoms with Crippen molar-refractivity contribution in [3.63, 3.8) is 0 Å². The summed E-state index contributed by atoms with van der Waals surface area (Å²) in [6.07, 6.45) is 0.421. The fourth-order valence-electron chi connectivity index (χ4n) is 3.33. The van der Waals surface area contributed by atoms with E-state index in [0.29, 0.717) is 35.7 Å². The van der Waals surface area contributed by atoms with E-state index in [1.165, 1.54) is 18.5 Å². The van der Waals surface area contributed by atoms with Gasteiger partial charge in [0, 0.05) is 19.2 Å². The summed E-state index contributed by atoms with van der Waals surface area (Å²) in [5.74, 6) is 0.685. The summed E-state index contributed by atoms with van der Waals surface area (Å²) in [4.78, 5) is 12.9. The third-order valence-corrected chi connectivity index (χ3v) is 6.97. The van der Waals surface area contributed by atoms with Crippen molar-refractivity contribution in [2.75, 3.05) is 31.6 Å². The van der Waals surface area contributed by atoms with Gasteiger partial charge in [-0.3, -0.25) is 9.10 Å². The second kappa shape index (κ2) is 10.9. The minimum Gasteiger partial charge on any atom is -0.497 e. The summed E-state index contributed by atoms with van der Waals surface area (Å²) in [7, 11) is -0.731. The van der Waals surface area contributed by atoms with Crippen LogP contribution in [0.3, 0.4) is 0 Å². The van der Waals surface area contributed by atoms with Gasteiger partial charge >= 0.3 is 0 Å². The van der Waals surface area contributed by atoms with E-state index in [-0.39, 0.29) is 17.3 Å². The number of sulfonamides is 1. The fraction of sp³-hybridized carbons (Fsp3) is 0.240. The Labute approximate surface area is 195 Å². The lowest BCUT2D eigenvalue weighted by molar-refractivity contribution is 0.0950. The van der Waals surface area contributed by atoms with E-state index in [1.54, 1.807) is 66.7 Å². The molecule has 174 valence electrons. The van der Waals surface area contributed by atoms with Crippen molar-refractivity contribution in [1.29, 1.82) is 0 Å². The van der Waals surface area contributed by atoms with E-state index in [2.05, 4.69) is 5.32 Å². The molecule has 8 heteroatoms. The summed E-state index contributed by atoms with van der Waals surface area (Å²) in [6, 6.07) is 20.7. The number of nitrogens with one attached hydrogen (secondary N) is 1. The summed E-state index contributed by atoms with van der Waals surface area (Å²) < 4.78 is 38.5. The zero-order valence-corrected chi connectivity index (χ0v) is 19.8. The fourth-order valence-corrected chi connectivity index (χ4v) is 4.83. The molecular weight excluding hydrogens is 440 g/mol. The number of ether oxygens (including phenoxy) is 2. The summed E-state index contributed by atoms with van der Waals surface area (Å²) in [6.45, 7) is 2.41. The van der Waals surface area contributed by atoms with Crippen LogP contribution in [0.1, 0.15) is 22.3 Å². The van der Waals surface area contributed by atoms with Crippen LogP contribution in [0.5, 0.6) is 11.5 Å². The van der Waals surface area contributed by atoms with Crippen LogP contribution >= 0.6 is 0 Å². The first kappa shape index (κ1) is 24.1. The first-order valence-corrected chi connectivity index (χ1v) is 12.0. The van der Waals surface area contributed by atoms with Gasteiger partial charge in [-0.25, -0.2) is 8.42 Å². The Morgan fingerprint density at radius 1 is 0.939 bits per heavy atom. The molecule has 1 amide bonds. The second-order valence-corrected chi connectivity index (χ2v) is 9.26. The molecule has 0 atom stereocenters. The highest BCUT2D eigenvalue weighted by atomic mass is 32.2. The molecular formula is C25H28N2O5S. The number of carbonyl (C=O) groups excluding carboxylic acids is 1. The molecule has 0 radical (unpaired) electrons. The van der Waals surface area contributed by atoms with Crippen LogP contribution in [0.4, 0.5) is 5.69 Å². The lowest BCUT2D eigenvalue weighted by atomic mass is 10.1. The van der Waals surface area contributed by atoms with Crippen LogP contribution in [-0.2, 0) is 10.0 Å². The maximum absolute atomic E-state index is 13.3. The van der Waals surface area contributed by atoms with E-state index in [9.17, 15) is 13.2 Å². The average Bonchev–Trinajstić information content (AvgIpc) is 2.84. The van der Waals surface area contributed by atoms with Crippen LogP contribution in [0.25, 0.3) is 0 Å². The molecule has 0 fully saturated rings. The van der Waals surface area contributed by atoms with Crippen LogP contribution in [0.2, 0.25) is 0 Å². The van der Waals surface area contributed by atoms with Crippen molar-refractivity contribution in [2.45, 2.75) is 18.2 Å². The smallest absolute Gasteiger partial charge is 0.264 e. The molecule has 0 aliphatic rings. The topological polar surface area (TPSA) is 84.9 Å². The first-order chi connectivity index (χ1) is 15.9. The van der Waals surface area contributed by atoms with E-state index in [0.717, 1.165) is 5.56 Å². The summed E-state index contributed by atoms with van der Waals surface area (Å²) >= 11 is 0. The predicted octanol–water partition coefficient (Wildman–Crippen LogP) is 4.03. The van der Waals surface area contributed by atoms with Crippen LogP contribution in [0.15, 0.2) is 77.7 Å². The minimum atomic E-state index is -3.76. The number of hydrogen-bond donors (Lipinski definition) is 1. The number of anilines is 1. The van der Waals surface area contributed by atoms with Crippen molar-refractivity contribution >= 4 is 21.6 Å². The summed E-state index contributed by atoms with van der Waals surface area (Å²) in [5.41, 5.74) is 1.93. The number of methoxy groups -OCH3 is 2. The highest BCUT2D eigenvalue weighted by molar-refractivity contribution is 7.92. The van der Waals surface area contributed by atoms with Crippen molar-refractivity contribution in [2.24, 2.45) is 0 Å². The van der Waals surface area contributed by atoms with E-state index < -0.39 is 10.0 Å². The predicted molar refractivity (Wildman–Crippen MR) is 129 cm³/mol. The zero-order valence-electron chi connectivity index (χ0n) is 18.9. The van der Waals surface area contributed by atoms with Gasteiger partial charge in [-0.2, -0.15) is 0 Å². The first-order valence-electron chi connectivity index (χ1n) is 10.5. The Bertz CT molecular complexity index is 1180. The molecule has 0 bridgehead atoms. The lowest BCUT2D eigenvalue weighted by Gasteiger charge is -2.24. The van der Waals surface area contributed by atoms with Gasteiger partial charge in [-0.05, 0) is 49.7 Å². The lowest BCUT2D eigenvalue weighted by Crippen LogP contribution is -2.34. The molecule has 7 nitrogen and oxygen atoms in total. The van der Waals surface area contributed by atoms with Gasteiger partial charge in [0.25, 0.3) is 15.9 Å². The number of rotatable bonds is 10. The van der Waals surface area contributed by atoms with E-state index in [4.69, 9.17) is 9.47 Å². The Hall–Kier alpha value is -3.52. The third kappa shape index (κ3) is 5.84. The molecule has 0 unspecified atom stereocenters. The van der Waals surface area contributed by atoms with Crippen molar-refractivity contribution in [3.05, 3.63) is 83.9 Å². The largest absolute Gasteiger partial charge is 0.497 e. The number of amides is 1. The van der Waals surface area contributed by atoms with Gasteiger partial charge in [-0.15, -0.1) is 0 Å². The van der Waals surface area contributed by atoms with E-state index >= 15 is 0 Å². The Morgan fingerprint density at radius 2 is 1.64 bits per heavy atom. The molecule has 3 aromatic carbocycles. The zero-order chi connectivity index (χ0) is 23.8. The molecule has 0 saturated carbocycles. The summed E-state index contributed by atoms with van der Waals surface area (Å²) in [5, 5.41) is 2.84. The molecule has 3 aromatic rings. The highest BCUT2D eigenvalue weighted by Crippen LogP contribution is 2.25. The van der Waals surface area contributed by atoms with Crippen molar-refractivity contribution in [3.8, 4) is 11.5 Å². The molecule has 0 aromatic heterocycles. The average molecular weight is 469 g/mol. The monoisotopic (exact) mass is 468 g/mol. The number of para-hydroxylation sites is 1. The second-order valence-electron chi connectivity index (χ2n) is 7.40. The van der Waals surface area contributed by atoms with Gasteiger partial charge in [0.15, 0.2) is 0 Å². The van der Waals surface area contributed by atoms with Gasteiger partial charge in [0.05, 0.1) is 30.4 Å². The number of aryl methyl sites for hydroxylation is 1. The van der Waals surface area contributed by atoms with E-state index in [1.807, 2.05) is 13.0 Å². The van der Waals surface area contributed by atoms with Crippen LogP contribution < -0.4 is 19.1 Å². The normalized spacial score (nSPS) is 11.0. The third-order valence-electron chi connectivity index (χ3n) is 5.13. The Balaban J connectivity index is 1.71. The minimum absolute atomic E-state index is 0.209. The standard InChI is InChI=1S/C25H28N2O5S/c1-19-10-13-22(14-11-19)33(29,30)27(20-8-5-4-6-9-20)17-7-16-26-25(28)23-15-12-21(31-2)18-24(23)32-3/h4-6,8-15,18H,7,16-17H2,1-3H3,(H,26,28). The van der Waals surface area contributed by atoms with Gasteiger partial charge in [0.2, 0.25) is 0 Å². The van der Waals surface area contributed by atoms with Crippen LogP contribution in [0, 0.1) is 6.92 Å². The van der Waals surface area contributed by atoms with Gasteiger partial charge < -0.3 is 14.8 Å².